The van der Waals surface area contributed by atoms with Gasteiger partial charge in [-0.2, -0.15) is 0 Å². The fraction of sp³-hybridized carbons (Fsp3) is 0.700. The number of ether oxygens (including phenoxy) is 1. The van der Waals surface area contributed by atoms with Crippen LogP contribution >= 0.6 is 0 Å². The van der Waals surface area contributed by atoms with E-state index in [1.54, 1.807) is 0 Å². The summed E-state index contributed by atoms with van der Waals surface area (Å²) < 4.78 is 5.84. The van der Waals surface area contributed by atoms with Gasteiger partial charge in [-0.3, -0.25) is 4.90 Å². The lowest BCUT2D eigenvalue weighted by Crippen LogP contribution is -2.48. The van der Waals surface area contributed by atoms with Crippen LogP contribution in [0.2, 0.25) is 0 Å². The first-order chi connectivity index (χ1) is 11.6. The first-order valence-corrected chi connectivity index (χ1v) is 9.32. The van der Waals surface area contributed by atoms with E-state index in [1.165, 1.54) is 24.9 Å². The zero-order valence-corrected chi connectivity index (χ0v) is 15.2. The van der Waals surface area contributed by atoms with E-state index in [9.17, 15) is 5.11 Å². The molecule has 2 aliphatic rings. The molecule has 1 aromatic rings. The lowest BCUT2D eigenvalue weighted by Gasteiger charge is -2.40. The Balaban J connectivity index is 1.46. The van der Waals surface area contributed by atoms with E-state index in [-0.39, 0.29) is 12.2 Å². The molecule has 134 valence electrons. The Hall–Kier alpha value is -0.940. The summed E-state index contributed by atoms with van der Waals surface area (Å²) in [6.45, 7) is 12.2. The normalized spacial score (nSPS) is 25.7. The predicted octanol–water partition coefficient (Wildman–Crippen LogP) is 2.50. The summed E-state index contributed by atoms with van der Waals surface area (Å²) in [7, 11) is 0. The van der Waals surface area contributed by atoms with Crippen molar-refractivity contribution >= 4 is 0 Å². The van der Waals surface area contributed by atoms with E-state index in [4.69, 9.17) is 4.74 Å². The molecule has 0 bridgehead atoms. The molecule has 2 saturated heterocycles. The van der Waals surface area contributed by atoms with Gasteiger partial charge in [-0.05, 0) is 43.7 Å². The van der Waals surface area contributed by atoms with E-state index in [0.717, 1.165) is 50.8 Å². The topological polar surface area (TPSA) is 35.9 Å². The molecule has 2 fully saturated rings. The number of hydrogen-bond donors (Lipinski definition) is 1. The molecule has 2 heterocycles. The highest BCUT2D eigenvalue weighted by molar-refractivity contribution is 5.26. The van der Waals surface area contributed by atoms with Gasteiger partial charge in [-0.1, -0.05) is 24.3 Å². The molecule has 3 rings (SSSR count). The van der Waals surface area contributed by atoms with Crippen LogP contribution in [-0.2, 0) is 17.9 Å². The van der Waals surface area contributed by atoms with Crippen LogP contribution in [0.5, 0.6) is 0 Å². The van der Waals surface area contributed by atoms with Crippen LogP contribution < -0.4 is 0 Å². The average Bonchev–Trinajstić information content (AvgIpc) is 2.56. The van der Waals surface area contributed by atoms with Gasteiger partial charge in [0.2, 0.25) is 0 Å². The van der Waals surface area contributed by atoms with Crippen molar-refractivity contribution in [2.24, 2.45) is 5.92 Å². The monoisotopic (exact) mass is 332 g/mol. The van der Waals surface area contributed by atoms with Gasteiger partial charge in [0.1, 0.15) is 0 Å². The van der Waals surface area contributed by atoms with Gasteiger partial charge in [0, 0.05) is 45.9 Å². The Kier molecular flexibility index (Phi) is 5.93. The molecular formula is C20H32N2O2. The maximum atomic E-state index is 9.48. The smallest absolute Gasteiger partial charge is 0.0685 e. The predicted molar refractivity (Wildman–Crippen MR) is 96.8 cm³/mol. The standard InChI is InChI=1S/C20H32N2O2/c1-20(2)13-17(7-12-24-20)14-21-8-10-22(11-9-21)15-18-5-3-4-6-19(18)16-23/h3-6,17,23H,7-16H2,1-2H3/t17-/m0/s1. The highest BCUT2D eigenvalue weighted by Gasteiger charge is 2.30. The molecule has 0 spiro atoms. The van der Waals surface area contributed by atoms with Gasteiger partial charge < -0.3 is 14.7 Å². The fourth-order valence-electron chi connectivity index (χ4n) is 4.12. The molecule has 2 aliphatic heterocycles. The first kappa shape index (κ1) is 17.9. The molecule has 0 aromatic heterocycles. The second-order valence-corrected chi connectivity index (χ2v) is 7.97. The van der Waals surface area contributed by atoms with Crippen LogP contribution in [0.25, 0.3) is 0 Å². The van der Waals surface area contributed by atoms with Crippen LogP contribution in [0.15, 0.2) is 24.3 Å². The molecule has 0 radical (unpaired) electrons. The molecule has 0 aliphatic carbocycles. The third-order valence-corrected chi connectivity index (χ3v) is 5.46. The number of benzene rings is 1. The molecule has 1 aromatic carbocycles. The molecule has 0 unspecified atom stereocenters. The van der Waals surface area contributed by atoms with Crippen molar-refractivity contribution in [3.8, 4) is 0 Å². The van der Waals surface area contributed by atoms with E-state index in [1.807, 2.05) is 12.1 Å². The van der Waals surface area contributed by atoms with Crippen molar-refractivity contribution < 1.29 is 9.84 Å². The van der Waals surface area contributed by atoms with Crippen LogP contribution in [-0.4, -0.2) is 59.8 Å². The Bertz CT molecular complexity index is 524. The first-order valence-electron chi connectivity index (χ1n) is 9.32. The number of nitrogens with zero attached hydrogens (tertiary/aromatic N) is 2. The van der Waals surface area contributed by atoms with E-state index in [2.05, 4.69) is 35.8 Å². The van der Waals surface area contributed by atoms with Crippen molar-refractivity contribution in [2.45, 2.75) is 45.4 Å². The van der Waals surface area contributed by atoms with Crippen molar-refractivity contribution in [3.05, 3.63) is 35.4 Å². The number of aliphatic hydroxyl groups is 1. The zero-order chi connectivity index (χ0) is 17.0. The largest absolute Gasteiger partial charge is 0.392 e. The van der Waals surface area contributed by atoms with Gasteiger partial charge in [0.05, 0.1) is 12.2 Å². The Labute approximate surface area is 146 Å². The Morgan fingerprint density at radius 1 is 1.08 bits per heavy atom. The van der Waals surface area contributed by atoms with Crippen molar-refractivity contribution in [2.75, 3.05) is 39.3 Å². The third kappa shape index (κ3) is 4.79. The summed E-state index contributed by atoms with van der Waals surface area (Å²) in [6.07, 6.45) is 2.38. The molecule has 4 nitrogen and oxygen atoms in total. The van der Waals surface area contributed by atoms with E-state index in [0.29, 0.717) is 0 Å². The number of piperazine rings is 1. The van der Waals surface area contributed by atoms with Crippen molar-refractivity contribution in [3.63, 3.8) is 0 Å². The number of hydrogen-bond acceptors (Lipinski definition) is 4. The highest BCUT2D eigenvalue weighted by Crippen LogP contribution is 2.29. The summed E-state index contributed by atoms with van der Waals surface area (Å²) in [5.74, 6) is 0.774. The highest BCUT2D eigenvalue weighted by atomic mass is 16.5. The summed E-state index contributed by atoms with van der Waals surface area (Å²) in [5, 5.41) is 9.48. The molecular weight excluding hydrogens is 300 g/mol. The van der Waals surface area contributed by atoms with Gasteiger partial charge in [-0.15, -0.1) is 0 Å². The van der Waals surface area contributed by atoms with Crippen LogP contribution in [0.4, 0.5) is 0 Å². The zero-order valence-electron chi connectivity index (χ0n) is 15.2. The maximum Gasteiger partial charge on any atom is 0.0685 e. The molecule has 1 N–H and O–H groups in total. The Morgan fingerprint density at radius 3 is 2.42 bits per heavy atom. The number of rotatable bonds is 5. The quantitative estimate of drug-likeness (QED) is 0.899. The minimum absolute atomic E-state index is 0.0543. The van der Waals surface area contributed by atoms with E-state index < -0.39 is 0 Å². The van der Waals surface area contributed by atoms with Crippen LogP contribution in [0.3, 0.4) is 0 Å². The van der Waals surface area contributed by atoms with Crippen LogP contribution in [0, 0.1) is 5.92 Å². The summed E-state index contributed by atoms with van der Waals surface area (Å²) in [6, 6.07) is 8.24. The average molecular weight is 332 g/mol. The third-order valence-electron chi connectivity index (χ3n) is 5.46. The fourth-order valence-corrected chi connectivity index (χ4v) is 4.12. The van der Waals surface area contributed by atoms with Crippen molar-refractivity contribution in [1.29, 1.82) is 0 Å². The summed E-state index contributed by atoms with van der Waals surface area (Å²) in [4.78, 5) is 5.14. The second kappa shape index (κ2) is 7.96. The minimum atomic E-state index is 0.0543. The van der Waals surface area contributed by atoms with Gasteiger partial charge in [-0.25, -0.2) is 0 Å². The lowest BCUT2D eigenvalue weighted by atomic mass is 9.88. The minimum Gasteiger partial charge on any atom is -0.392 e. The maximum absolute atomic E-state index is 9.48. The van der Waals surface area contributed by atoms with Gasteiger partial charge in [0.15, 0.2) is 0 Å². The molecule has 0 amide bonds. The molecule has 1 atom stereocenters. The summed E-state index contributed by atoms with van der Waals surface area (Å²) >= 11 is 0. The van der Waals surface area contributed by atoms with Gasteiger partial charge in [0.25, 0.3) is 0 Å². The molecule has 0 saturated carbocycles. The van der Waals surface area contributed by atoms with Crippen LogP contribution in [0.1, 0.15) is 37.8 Å². The van der Waals surface area contributed by atoms with E-state index >= 15 is 0 Å². The lowest BCUT2D eigenvalue weighted by molar-refractivity contribution is -0.0781. The molecule has 24 heavy (non-hydrogen) atoms. The van der Waals surface area contributed by atoms with Gasteiger partial charge >= 0.3 is 0 Å². The van der Waals surface area contributed by atoms with Crippen molar-refractivity contribution in [1.82, 2.24) is 9.80 Å². The Morgan fingerprint density at radius 2 is 1.75 bits per heavy atom. The summed E-state index contributed by atoms with van der Waals surface area (Å²) in [5.41, 5.74) is 2.38. The molecule has 4 heteroatoms. The SMILES string of the molecule is CC1(C)C[C@@H](CN2CCN(Cc3ccccc3CO)CC2)CCO1. The second-order valence-electron chi connectivity index (χ2n) is 7.97. The number of aliphatic hydroxyl groups excluding tert-OH is 1.